The molecule has 0 saturated heterocycles. The van der Waals surface area contributed by atoms with Gasteiger partial charge < -0.3 is 20.3 Å². The Balaban J connectivity index is 0. The number of aliphatic imine (C=N–C) groups is 1. The molecule has 0 saturated carbocycles. The van der Waals surface area contributed by atoms with Crippen LogP contribution in [0, 0.1) is 0 Å². The monoisotopic (exact) mass is 442 g/mol. The van der Waals surface area contributed by atoms with Crippen LogP contribution in [0.15, 0.2) is 4.99 Å². The van der Waals surface area contributed by atoms with Crippen LogP contribution in [-0.4, -0.2) is 54.8 Å². The van der Waals surface area contributed by atoms with Crippen LogP contribution in [0.4, 0.5) is 4.79 Å². The van der Waals surface area contributed by atoms with Gasteiger partial charge in [-0.2, -0.15) is 0 Å². The van der Waals surface area contributed by atoms with E-state index in [1.54, 1.807) is 4.90 Å². The van der Waals surface area contributed by atoms with Gasteiger partial charge in [0.15, 0.2) is 5.96 Å². The highest BCUT2D eigenvalue weighted by Gasteiger charge is 2.23. The molecule has 0 fully saturated rings. The van der Waals surface area contributed by atoms with E-state index in [4.69, 9.17) is 4.74 Å². The first-order chi connectivity index (χ1) is 10.2. The van der Waals surface area contributed by atoms with Gasteiger partial charge in [0.25, 0.3) is 0 Å². The minimum Gasteiger partial charge on any atom is -0.444 e. The summed E-state index contributed by atoms with van der Waals surface area (Å²) in [5.74, 6) is 0.818. The van der Waals surface area contributed by atoms with Crippen molar-refractivity contribution >= 4 is 36.0 Å². The molecule has 7 heteroatoms. The zero-order valence-corrected chi connectivity index (χ0v) is 18.1. The minimum atomic E-state index is -0.467. The van der Waals surface area contributed by atoms with Crippen molar-refractivity contribution in [1.29, 1.82) is 0 Å². The molecule has 0 bridgehead atoms. The quantitative estimate of drug-likeness (QED) is 0.275. The van der Waals surface area contributed by atoms with E-state index in [0.29, 0.717) is 13.1 Å². The number of amides is 1. The maximum absolute atomic E-state index is 12.2. The van der Waals surface area contributed by atoms with E-state index < -0.39 is 5.60 Å². The number of rotatable bonds is 7. The van der Waals surface area contributed by atoms with Gasteiger partial charge in [-0.3, -0.25) is 4.99 Å². The Hall–Kier alpha value is -0.730. The standard InChI is InChI=1S/C16H34N4O2.HI/c1-8-17-14(18-9-2)19-11-10-12-20(13(3)4)15(21)22-16(5,6)7;/h13H,8-12H2,1-7H3,(H2,17,18,19);1H. The van der Waals surface area contributed by atoms with Crippen LogP contribution in [0.2, 0.25) is 0 Å². The van der Waals surface area contributed by atoms with Crippen molar-refractivity contribution in [3.05, 3.63) is 0 Å². The molecule has 1 amide bonds. The van der Waals surface area contributed by atoms with Crippen LogP contribution >= 0.6 is 24.0 Å². The molecule has 0 aromatic heterocycles. The molecular formula is C16H35IN4O2. The average Bonchev–Trinajstić information content (AvgIpc) is 2.36. The SMILES string of the molecule is CCNC(=NCCCN(C(=O)OC(C)(C)C)C(C)C)NCC.I. The molecule has 0 aromatic carbocycles. The molecule has 23 heavy (non-hydrogen) atoms. The van der Waals surface area contributed by atoms with Gasteiger partial charge in [-0.05, 0) is 54.9 Å². The number of halogens is 1. The number of nitrogens with one attached hydrogen (secondary N) is 2. The Morgan fingerprint density at radius 2 is 1.70 bits per heavy atom. The molecule has 0 aliphatic heterocycles. The number of hydrogen-bond acceptors (Lipinski definition) is 3. The molecule has 0 unspecified atom stereocenters. The van der Waals surface area contributed by atoms with E-state index in [1.165, 1.54) is 0 Å². The summed E-state index contributed by atoms with van der Waals surface area (Å²) in [6.07, 6.45) is 0.544. The van der Waals surface area contributed by atoms with Crippen LogP contribution in [0.1, 0.15) is 54.9 Å². The molecule has 6 nitrogen and oxygen atoms in total. The highest BCUT2D eigenvalue weighted by Crippen LogP contribution is 2.12. The zero-order valence-electron chi connectivity index (χ0n) is 15.7. The smallest absolute Gasteiger partial charge is 0.410 e. The summed E-state index contributed by atoms with van der Waals surface area (Å²) in [6.45, 7) is 16.7. The second-order valence-corrected chi connectivity index (χ2v) is 6.41. The first kappa shape index (κ1) is 24.5. The van der Waals surface area contributed by atoms with E-state index in [9.17, 15) is 4.79 Å². The van der Waals surface area contributed by atoms with Gasteiger partial charge >= 0.3 is 6.09 Å². The van der Waals surface area contributed by atoms with Crippen molar-refractivity contribution in [1.82, 2.24) is 15.5 Å². The Kier molecular flexibility index (Phi) is 13.5. The maximum Gasteiger partial charge on any atom is 0.410 e. The lowest BCUT2D eigenvalue weighted by atomic mass is 10.2. The summed E-state index contributed by atoms with van der Waals surface area (Å²) in [6, 6.07) is 0.112. The Labute approximate surface area is 158 Å². The van der Waals surface area contributed by atoms with Gasteiger partial charge in [-0.15, -0.1) is 24.0 Å². The summed E-state index contributed by atoms with van der Waals surface area (Å²) >= 11 is 0. The number of guanidine groups is 1. The second-order valence-electron chi connectivity index (χ2n) is 6.41. The molecule has 0 heterocycles. The van der Waals surface area contributed by atoms with E-state index in [1.807, 2.05) is 48.5 Å². The Morgan fingerprint density at radius 1 is 1.17 bits per heavy atom. The van der Waals surface area contributed by atoms with Crippen LogP contribution in [-0.2, 0) is 4.74 Å². The van der Waals surface area contributed by atoms with Gasteiger partial charge in [0.1, 0.15) is 5.60 Å². The fourth-order valence-corrected chi connectivity index (χ4v) is 1.82. The van der Waals surface area contributed by atoms with Crippen molar-refractivity contribution in [3.8, 4) is 0 Å². The van der Waals surface area contributed by atoms with Crippen LogP contribution < -0.4 is 10.6 Å². The van der Waals surface area contributed by atoms with Crippen molar-refractivity contribution < 1.29 is 9.53 Å². The Bertz CT molecular complexity index is 346. The lowest BCUT2D eigenvalue weighted by Crippen LogP contribution is -2.41. The lowest BCUT2D eigenvalue weighted by Gasteiger charge is -2.30. The van der Waals surface area contributed by atoms with Crippen LogP contribution in [0.25, 0.3) is 0 Å². The summed E-state index contributed by atoms with van der Waals surface area (Å²) in [5.41, 5.74) is -0.467. The molecule has 0 aliphatic rings. The van der Waals surface area contributed by atoms with E-state index in [-0.39, 0.29) is 36.1 Å². The van der Waals surface area contributed by atoms with Gasteiger partial charge in [-0.1, -0.05) is 0 Å². The highest BCUT2D eigenvalue weighted by atomic mass is 127. The third kappa shape index (κ3) is 12.4. The molecule has 138 valence electrons. The number of nitrogens with zero attached hydrogens (tertiary/aromatic N) is 2. The number of ether oxygens (including phenoxy) is 1. The predicted molar refractivity (Wildman–Crippen MR) is 108 cm³/mol. The van der Waals surface area contributed by atoms with Crippen LogP contribution in [0.3, 0.4) is 0 Å². The topological polar surface area (TPSA) is 66.0 Å². The molecular weight excluding hydrogens is 407 g/mol. The lowest BCUT2D eigenvalue weighted by molar-refractivity contribution is 0.0190. The maximum atomic E-state index is 12.2. The first-order valence-electron chi connectivity index (χ1n) is 8.23. The predicted octanol–water partition coefficient (Wildman–Crippen LogP) is 3.22. The average molecular weight is 442 g/mol. The third-order valence-corrected chi connectivity index (χ3v) is 2.77. The number of hydrogen-bond donors (Lipinski definition) is 2. The zero-order chi connectivity index (χ0) is 17.2. The van der Waals surface area contributed by atoms with Gasteiger partial charge in [0.2, 0.25) is 0 Å². The molecule has 0 aromatic rings. The van der Waals surface area contributed by atoms with Crippen molar-refractivity contribution in [2.45, 2.75) is 66.5 Å². The molecule has 0 radical (unpaired) electrons. The molecule has 0 rings (SSSR count). The Morgan fingerprint density at radius 3 is 2.09 bits per heavy atom. The van der Waals surface area contributed by atoms with Crippen molar-refractivity contribution in [2.75, 3.05) is 26.2 Å². The minimum absolute atomic E-state index is 0. The first-order valence-corrected chi connectivity index (χ1v) is 8.23. The molecule has 0 atom stereocenters. The summed E-state index contributed by atoms with van der Waals surface area (Å²) in [5, 5.41) is 6.36. The second kappa shape index (κ2) is 12.7. The summed E-state index contributed by atoms with van der Waals surface area (Å²) in [7, 11) is 0. The highest BCUT2D eigenvalue weighted by molar-refractivity contribution is 14.0. The number of carbonyl (C=O) groups excluding carboxylic acids is 1. The molecule has 0 aliphatic carbocycles. The van der Waals surface area contributed by atoms with Gasteiger partial charge in [0, 0.05) is 32.2 Å². The van der Waals surface area contributed by atoms with Crippen LogP contribution in [0.5, 0.6) is 0 Å². The van der Waals surface area contributed by atoms with Crippen molar-refractivity contribution in [2.24, 2.45) is 4.99 Å². The normalized spacial score (nSPS) is 10.6. The molecule has 2 N–H and O–H groups in total. The summed E-state index contributed by atoms with van der Waals surface area (Å²) in [4.78, 5) is 18.4. The molecule has 0 spiro atoms. The van der Waals surface area contributed by atoms with E-state index >= 15 is 0 Å². The van der Waals surface area contributed by atoms with E-state index in [0.717, 1.165) is 25.5 Å². The number of carbonyl (C=O) groups is 1. The fraction of sp³-hybridized carbons (Fsp3) is 0.875. The fourth-order valence-electron chi connectivity index (χ4n) is 1.82. The third-order valence-electron chi connectivity index (χ3n) is 2.77. The van der Waals surface area contributed by atoms with Gasteiger partial charge in [-0.25, -0.2) is 4.79 Å². The van der Waals surface area contributed by atoms with Crippen molar-refractivity contribution in [3.63, 3.8) is 0 Å². The van der Waals surface area contributed by atoms with Gasteiger partial charge in [0.05, 0.1) is 0 Å². The summed E-state index contributed by atoms with van der Waals surface area (Å²) < 4.78 is 5.44. The largest absolute Gasteiger partial charge is 0.444 e. The van der Waals surface area contributed by atoms with E-state index in [2.05, 4.69) is 15.6 Å².